The molecule has 0 bridgehead atoms. The maximum absolute atomic E-state index is 13.1. The van der Waals surface area contributed by atoms with E-state index in [1.165, 1.54) is 0 Å². The number of hydrogen-bond acceptors (Lipinski definition) is 2. The zero-order valence-corrected chi connectivity index (χ0v) is 11.8. The van der Waals surface area contributed by atoms with Crippen LogP contribution in [0.15, 0.2) is 0 Å². The van der Waals surface area contributed by atoms with Crippen molar-refractivity contribution in [3.8, 4) is 0 Å². The van der Waals surface area contributed by atoms with Gasteiger partial charge in [-0.05, 0) is 41.5 Å². The van der Waals surface area contributed by atoms with Crippen LogP contribution in [-0.2, 0) is 4.74 Å². The molecule has 1 fully saturated rings. The Bertz CT molecular complexity index is 268. The molecule has 4 heteroatoms. The van der Waals surface area contributed by atoms with Gasteiger partial charge in [-0.2, -0.15) is 0 Å². The van der Waals surface area contributed by atoms with E-state index in [9.17, 15) is 8.78 Å². The number of alkyl halides is 2. The summed E-state index contributed by atoms with van der Waals surface area (Å²) >= 11 is 0. The Hall–Kier alpha value is -0.220. The summed E-state index contributed by atoms with van der Waals surface area (Å²) in [5.74, 6) is -2.54. The van der Waals surface area contributed by atoms with Gasteiger partial charge in [0.2, 0.25) is 0 Å². The molecule has 102 valence electrons. The van der Waals surface area contributed by atoms with Gasteiger partial charge in [-0.15, -0.1) is 0 Å². The molecule has 0 radical (unpaired) electrons. The van der Waals surface area contributed by atoms with Gasteiger partial charge in [0, 0.05) is 18.4 Å². The van der Waals surface area contributed by atoms with Crippen LogP contribution >= 0.6 is 0 Å². The summed E-state index contributed by atoms with van der Waals surface area (Å²) in [4.78, 5) is 0. The molecule has 0 heterocycles. The molecule has 1 aliphatic carbocycles. The fourth-order valence-corrected chi connectivity index (χ4v) is 2.32. The van der Waals surface area contributed by atoms with Crippen LogP contribution in [0.2, 0.25) is 0 Å². The van der Waals surface area contributed by atoms with Crippen molar-refractivity contribution in [3.63, 3.8) is 0 Å². The van der Waals surface area contributed by atoms with Crippen LogP contribution < -0.4 is 5.32 Å². The summed E-state index contributed by atoms with van der Waals surface area (Å²) in [6.45, 7) is 12.1. The molecular weight excluding hydrogens is 224 g/mol. The lowest BCUT2D eigenvalue weighted by Crippen LogP contribution is -2.67. The zero-order valence-electron chi connectivity index (χ0n) is 11.8. The van der Waals surface area contributed by atoms with E-state index >= 15 is 0 Å². The fraction of sp³-hybridized carbons (Fsp3) is 1.00. The van der Waals surface area contributed by atoms with Crippen molar-refractivity contribution in [2.45, 2.75) is 77.0 Å². The minimum atomic E-state index is -2.54. The van der Waals surface area contributed by atoms with Gasteiger partial charge in [0.25, 0.3) is 5.92 Å². The number of rotatable bonds is 3. The molecule has 0 aromatic rings. The fourth-order valence-electron chi connectivity index (χ4n) is 2.32. The third kappa shape index (κ3) is 4.88. The van der Waals surface area contributed by atoms with Gasteiger partial charge >= 0.3 is 0 Å². The molecule has 2 nitrogen and oxygen atoms in total. The van der Waals surface area contributed by atoms with Crippen molar-refractivity contribution in [2.75, 3.05) is 6.61 Å². The van der Waals surface area contributed by atoms with Crippen molar-refractivity contribution in [1.29, 1.82) is 0 Å². The Kier molecular flexibility index (Phi) is 3.63. The number of halogens is 2. The summed E-state index contributed by atoms with van der Waals surface area (Å²) < 4.78 is 31.9. The lowest BCUT2D eigenvalue weighted by molar-refractivity contribution is -0.173. The highest BCUT2D eigenvalue weighted by atomic mass is 19.3. The predicted octanol–water partition coefficient (Wildman–Crippen LogP) is 3.36. The lowest BCUT2D eigenvalue weighted by atomic mass is 9.72. The summed E-state index contributed by atoms with van der Waals surface area (Å²) in [6, 6.07) is 0. The zero-order chi connectivity index (χ0) is 13.5. The number of hydrogen-bond donors (Lipinski definition) is 1. The van der Waals surface area contributed by atoms with Crippen molar-refractivity contribution in [3.05, 3.63) is 0 Å². The molecule has 0 aromatic carbocycles. The Morgan fingerprint density at radius 1 is 1.06 bits per heavy atom. The first-order chi connectivity index (χ1) is 7.33. The van der Waals surface area contributed by atoms with Crippen molar-refractivity contribution in [1.82, 2.24) is 5.32 Å². The molecule has 0 amide bonds. The molecule has 1 saturated carbocycles. The van der Waals surface area contributed by atoms with Crippen LogP contribution in [0, 0.1) is 0 Å². The summed E-state index contributed by atoms with van der Waals surface area (Å²) in [5.41, 5.74) is -1.05. The van der Waals surface area contributed by atoms with Gasteiger partial charge in [0.05, 0.1) is 17.7 Å². The second-order valence-electron chi connectivity index (χ2n) is 7.27. The van der Waals surface area contributed by atoms with Crippen LogP contribution in [0.5, 0.6) is 0 Å². The van der Waals surface area contributed by atoms with Gasteiger partial charge in [-0.25, -0.2) is 8.78 Å². The molecular formula is C13H25F2NO. The van der Waals surface area contributed by atoms with E-state index in [2.05, 4.69) is 5.32 Å². The lowest BCUT2D eigenvalue weighted by Gasteiger charge is -2.51. The Balaban J connectivity index is 2.63. The highest BCUT2D eigenvalue weighted by molar-refractivity contribution is 5.08. The predicted molar refractivity (Wildman–Crippen MR) is 65.5 cm³/mol. The largest absolute Gasteiger partial charge is 0.374 e. The molecule has 0 aliphatic heterocycles. The molecule has 0 unspecified atom stereocenters. The third-order valence-corrected chi connectivity index (χ3v) is 2.62. The van der Waals surface area contributed by atoms with Gasteiger partial charge in [0.1, 0.15) is 0 Å². The monoisotopic (exact) mass is 249 g/mol. The van der Waals surface area contributed by atoms with Crippen molar-refractivity contribution >= 4 is 0 Å². The van der Waals surface area contributed by atoms with Gasteiger partial charge in [-0.3, -0.25) is 0 Å². The minimum absolute atomic E-state index is 0.132. The molecule has 17 heavy (non-hydrogen) atoms. The van der Waals surface area contributed by atoms with E-state index in [0.29, 0.717) is 6.61 Å². The molecule has 0 saturated heterocycles. The Morgan fingerprint density at radius 3 is 1.82 bits per heavy atom. The Morgan fingerprint density at radius 2 is 1.53 bits per heavy atom. The first-order valence-corrected chi connectivity index (χ1v) is 6.14. The van der Waals surface area contributed by atoms with Crippen LogP contribution in [0.4, 0.5) is 8.78 Å². The molecule has 0 aromatic heterocycles. The highest BCUT2D eigenvalue weighted by Gasteiger charge is 2.57. The molecule has 1 rings (SSSR count). The van der Waals surface area contributed by atoms with E-state index in [4.69, 9.17) is 4.74 Å². The SMILES string of the molecule is CC(C)(C)NC1(COC(C)(C)C)CC(F)(F)C1. The van der Waals surface area contributed by atoms with Gasteiger partial charge < -0.3 is 10.1 Å². The van der Waals surface area contributed by atoms with E-state index in [1.807, 2.05) is 41.5 Å². The topological polar surface area (TPSA) is 21.3 Å². The summed E-state index contributed by atoms with van der Waals surface area (Å²) in [5, 5.41) is 3.29. The van der Waals surface area contributed by atoms with Crippen LogP contribution in [0.25, 0.3) is 0 Å². The third-order valence-electron chi connectivity index (χ3n) is 2.62. The maximum atomic E-state index is 13.1. The standard InChI is InChI=1S/C13H25F2NO/c1-10(2,3)16-12(7-13(14,15)8-12)9-17-11(4,5)6/h16H,7-9H2,1-6H3. The Labute approximate surface area is 103 Å². The minimum Gasteiger partial charge on any atom is -0.374 e. The number of nitrogens with one attached hydrogen (secondary N) is 1. The maximum Gasteiger partial charge on any atom is 0.251 e. The van der Waals surface area contributed by atoms with E-state index < -0.39 is 11.5 Å². The smallest absolute Gasteiger partial charge is 0.251 e. The van der Waals surface area contributed by atoms with Crippen LogP contribution in [0.1, 0.15) is 54.4 Å². The molecule has 1 aliphatic rings. The second-order valence-corrected chi connectivity index (χ2v) is 7.27. The van der Waals surface area contributed by atoms with E-state index in [0.717, 1.165) is 0 Å². The second kappa shape index (κ2) is 4.16. The van der Waals surface area contributed by atoms with Gasteiger partial charge in [0.15, 0.2) is 0 Å². The average Bonchev–Trinajstić information content (AvgIpc) is 1.92. The highest BCUT2D eigenvalue weighted by Crippen LogP contribution is 2.47. The molecule has 0 atom stereocenters. The van der Waals surface area contributed by atoms with E-state index in [1.54, 1.807) is 0 Å². The van der Waals surface area contributed by atoms with Gasteiger partial charge in [-0.1, -0.05) is 0 Å². The van der Waals surface area contributed by atoms with E-state index in [-0.39, 0.29) is 24.0 Å². The first kappa shape index (κ1) is 14.8. The van der Waals surface area contributed by atoms with Crippen molar-refractivity contribution in [2.24, 2.45) is 0 Å². The van der Waals surface area contributed by atoms with Crippen LogP contribution in [-0.4, -0.2) is 29.2 Å². The van der Waals surface area contributed by atoms with Crippen LogP contribution in [0.3, 0.4) is 0 Å². The summed E-state index contributed by atoms with van der Waals surface area (Å²) in [6.07, 6.45) is -0.263. The molecule has 1 N–H and O–H groups in total. The summed E-state index contributed by atoms with van der Waals surface area (Å²) in [7, 11) is 0. The molecule has 0 spiro atoms. The average molecular weight is 249 g/mol. The first-order valence-electron chi connectivity index (χ1n) is 6.14. The quantitative estimate of drug-likeness (QED) is 0.828. The number of ether oxygens (including phenoxy) is 1. The normalized spacial score (nSPS) is 23.3. The van der Waals surface area contributed by atoms with Crippen molar-refractivity contribution < 1.29 is 13.5 Å².